The van der Waals surface area contributed by atoms with Crippen molar-refractivity contribution in [3.8, 4) is 11.4 Å². The van der Waals surface area contributed by atoms with E-state index in [4.69, 9.17) is 4.74 Å². The number of aromatic nitrogens is 2. The molecule has 2 aromatic rings. The van der Waals surface area contributed by atoms with Crippen LogP contribution in [0.3, 0.4) is 0 Å². The second kappa shape index (κ2) is 4.91. The van der Waals surface area contributed by atoms with Crippen LogP contribution >= 0.6 is 0 Å². The van der Waals surface area contributed by atoms with Gasteiger partial charge in [-0.05, 0) is 13.8 Å². The van der Waals surface area contributed by atoms with Crippen LogP contribution in [0.25, 0.3) is 11.4 Å². The van der Waals surface area contributed by atoms with Crippen LogP contribution in [0.1, 0.15) is 23.1 Å². The van der Waals surface area contributed by atoms with Crippen molar-refractivity contribution in [2.45, 2.75) is 13.8 Å². The predicted octanol–water partition coefficient (Wildman–Crippen LogP) is 2.27. The van der Waals surface area contributed by atoms with Gasteiger partial charge in [-0.15, -0.1) is 0 Å². The summed E-state index contributed by atoms with van der Waals surface area (Å²) in [4.78, 5) is 15.9. The van der Waals surface area contributed by atoms with E-state index in [0.29, 0.717) is 11.5 Å². The van der Waals surface area contributed by atoms with E-state index in [1.165, 1.54) is 0 Å². The standard InChI is InChI=1S/C13H14N2O3/c1-3-18-13(16)11-9(2)14-12(15(11)17)10-7-5-4-6-8-10/h4-8,17H,3H2,1-2H3. The van der Waals surface area contributed by atoms with Gasteiger partial charge in [0.05, 0.1) is 12.3 Å². The first kappa shape index (κ1) is 12.2. The van der Waals surface area contributed by atoms with Crippen LogP contribution in [0.15, 0.2) is 30.3 Å². The van der Waals surface area contributed by atoms with Gasteiger partial charge in [-0.1, -0.05) is 30.3 Å². The minimum absolute atomic E-state index is 0.0655. The van der Waals surface area contributed by atoms with E-state index in [1.807, 2.05) is 30.3 Å². The molecule has 1 aromatic carbocycles. The topological polar surface area (TPSA) is 64.3 Å². The van der Waals surface area contributed by atoms with E-state index >= 15 is 0 Å². The molecule has 0 fully saturated rings. The first-order valence-electron chi connectivity index (χ1n) is 5.66. The van der Waals surface area contributed by atoms with Crippen molar-refractivity contribution in [1.82, 2.24) is 9.71 Å². The molecule has 0 aliphatic heterocycles. The molecule has 5 nitrogen and oxygen atoms in total. The monoisotopic (exact) mass is 246 g/mol. The Labute approximate surface area is 105 Å². The van der Waals surface area contributed by atoms with Gasteiger partial charge in [0.2, 0.25) is 0 Å². The summed E-state index contributed by atoms with van der Waals surface area (Å²) in [6.07, 6.45) is 0. The normalized spacial score (nSPS) is 10.3. The lowest BCUT2D eigenvalue weighted by Gasteiger charge is -2.04. The van der Waals surface area contributed by atoms with Crippen LogP contribution in [0.5, 0.6) is 0 Å². The van der Waals surface area contributed by atoms with Crippen molar-refractivity contribution in [1.29, 1.82) is 0 Å². The maximum atomic E-state index is 11.7. The van der Waals surface area contributed by atoms with E-state index in [1.54, 1.807) is 13.8 Å². The molecule has 0 amide bonds. The lowest BCUT2D eigenvalue weighted by Crippen LogP contribution is -2.12. The predicted molar refractivity (Wildman–Crippen MR) is 65.5 cm³/mol. The summed E-state index contributed by atoms with van der Waals surface area (Å²) in [6.45, 7) is 3.62. The highest BCUT2D eigenvalue weighted by Gasteiger charge is 2.22. The van der Waals surface area contributed by atoms with Gasteiger partial charge in [0, 0.05) is 5.56 Å². The van der Waals surface area contributed by atoms with Crippen molar-refractivity contribution >= 4 is 5.97 Å². The molecule has 0 unspecified atom stereocenters. The van der Waals surface area contributed by atoms with Gasteiger partial charge in [0.15, 0.2) is 11.5 Å². The molecule has 0 aliphatic carbocycles. The SMILES string of the molecule is CCOC(=O)c1c(C)nc(-c2ccccc2)n1O. The van der Waals surface area contributed by atoms with Crippen LogP contribution in [-0.2, 0) is 4.74 Å². The Balaban J connectivity index is 2.47. The fourth-order valence-corrected chi connectivity index (χ4v) is 1.73. The molecule has 0 atom stereocenters. The van der Waals surface area contributed by atoms with Crippen LogP contribution in [0, 0.1) is 6.92 Å². The molecule has 1 aromatic heterocycles. The number of aryl methyl sites for hydroxylation is 1. The Morgan fingerprint density at radius 1 is 1.39 bits per heavy atom. The van der Waals surface area contributed by atoms with Gasteiger partial charge in [-0.3, -0.25) is 0 Å². The summed E-state index contributed by atoms with van der Waals surface area (Å²) in [5.74, 6) is -0.247. The van der Waals surface area contributed by atoms with Crippen LogP contribution < -0.4 is 0 Å². The van der Waals surface area contributed by atoms with Crippen molar-refractivity contribution in [2.24, 2.45) is 0 Å². The van der Waals surface area contributed by atoms with Crippen LogP contribution in [-0.4, -0.2) is 27.5 Å². The number of carbonyl (C=O) groups is 1. The molecular weight excluding hydrogens is 232 g/mol. The number of benzene rings is 1. The summed E-state index contributed by atoms with van der Waals surface area (Å²) in [5, 5.41) is 10.0. The Morgan fingerprint density at radius 2 is 2.06 bits per heavy atom. The molecule has 5 heteroatoms. The summed E-state index contributed by atoms with van der Waals surface area (Å²) in [7, 11) is 0. The van der Waals surface area contributed by atoms with Crippen molar-refractivity contribution in [3.63, 3.8) is 0 Å². The molecular formula is C13H14N2O3. The van der Waals surface area contributed by atoms with Crippen molar-refractivity contribution < 1.29 is 14.7 Å². The number of carbonyl (C=O) groups excluding carboxylic acids is 1. The molecule has 0 radical (unpaired) electrons. The third-order valence-electron chi connectivity index (χ3n) is 2.53. The molecule has 18 heavy (non-hydrogen) atoms. The average Bonchev–Trinajstić information content (AvgIpc) is 2.66. The molecule has 1 N–H and O–H groups in total. The lowest BCUT2D eigenvalue weighted by molar-refractivity contribution is 0.0476. The van der Waals surface area contributed by atoms with E-state index in [9.17, 15) is 10.0 Å². The maximum absolute atomic E-state index is 11.7. The summed E-state index contributed by atoms with van der Waals surface area (Å²) in [5.41, 5.74) is 1.24. The van der Waals surface area contributed by atoms with E-state index in [0.717, 1.165) is 10.3 Å². The minimum atomic E-state index is -0.577. The fourth-order valence-electron chi connectivity index (χ4n) is 1.73. The molecule has 2 rings (SSSR count). The van der Waals surface area contributed by atoms with Gasteiger partial charge in [0.1, 0.15) is 0 Å². The smallest absolute Gasteiger partial charge is 0.360 e. The quantitative estimate of drug-likeness (QED) is 0.666. The lowest BCUT2D eigenvalue weighted by atomic mass is 10.2. The van der Waals surface area contributed by atoms with Gasteiger partial charge < -0.3 is 9.94 Å². The summed E-state index contributed by atoms with van der Waals surface area (Å²) < 4.78 is 5.66. The minimum Gasteiger partial charge on any atom is -0.461 e. The van der Waals surface area contributed by atoms with Crippen molar-refractivity contribution in [3.05, 3.63) is 41.7 Å². The van der Waals surface area contributed by atoms with Crippen LogP contribution in [0.4, 0.5) is 0 Å². The molecule has 0 spiro atoms. The number of imidazole rings is 1. The highest BCUT2D eigenvalue weighted by Crippen LogP contribution is 2.21. The first-order valence-corrected chi connectivity index (χ1v) is 5.66. The number of nitrogens with zero attached hydrogens (tertiary/aromatic N) is 2. The van der Waals surface area contributed by atoms with Crippen molar-refractivity contribution in [2.75, 3.05) is 6.61 Å². The zero-order valence-corrected chi connectivity index (χ0v) is 10.3. The highest BCUT2D eigenvalue weighted by molar-refractivity contribution is 5.89. The summed E-state index contributed by atoms with van der Waals surface area (Å²) in [6, 6.07) is 9.16. The Kier molecular flexibility index (Phi) is 3.32. The number of ether oxygens (including phenoxy) is 1. The number of hydrogen-bond acceptors (Lipinski definition) is 4. The second-order valence-electron chi connectivity index (χ2n) is 3.77. The third kappa shape index (κ3) is 2.07. The van der Waals surface area contributed by atoms with Gasteiger partial charge in [-0.2, -0.15) is 4.73 Å². The van der Waals surface area contributed by atoms with Crippen LogP contribution in [0.2, 0.25) is 0 Å². The molecule has 0 aliphatic rings. The molecule has 0 saturated heterocycles. The second-order valence-corrected chi connectivity index (χ2v) is 3.77. The van der Waals surface area contributed by atoms with E-state index in [-0.39, 0.29) is 12.3 Å². The molecule has 0 saturated carbocycles. The zero-order chi connectivity index (χ0) is 13.1. The molecule has 94 valence electrons. The Hall–Kier alpha value is -2.30. The average molecular weight is 246 g/mol. The highest BCUT2D eigenvalue weighted by atomic mass is 16.5. The van der Waals surface area contributed by atoms with Gasteiger partial charge >= 0.3 is 5.97 Å². The van der Waals surface area contributed by atoms with Gasteiger partial charge in [0.25, 0.3) is 0 Å². The molecule has 1 heterocycles. The number of rotatable bonds is 3. The first-order chi connectivity index (χ1) is 8.65. The fraction of sp³-hybridized carbons (Fsp3) is 0.231. The zero-order valence-electron chi connectivity index (χ0n) is 10.3. The Morgan fingerprint density at radius 3 is 2.67 bits per heavy atom. The largest absolute Gasteiger partial charge is 0.461 e. The maximum Gasteiger partial charge on any atom is 0.360 e. The Bertz CT molecular complexity index is 561. The molecule has 0 bridgehead atoms. The summed E-state index contributed by atoms with van der Waals surface area (Å²) >= 11 is 0. The van der Waals surface area contributed by atoms with Gasteiger partial charge in [-0.25, -0.2) is 9.78 Å². The number of hydrogen-bond donors (Lipinski definition) is 1. The van der Waals surface area contributed by atoms with E-state index in [2.05, 4.69) is 4.98 Å². The number of esters is 1. The van der Waals surface area contributed by atoms with E-state index < -0.39 is 5.97 Å². The third-order valence-corrected chi connectivity index (χ3v) is 2.53.